The molecule has 2 rings (SSSR count). The van der Waals surface area contributed by atoms with E-state index >= 15 is 0 Å². The van der Waals surface area contributed by atoms with Gasteiger partial charge in [-0.15, -0.1) is 0 Å². The molecule has 1 unspecified atom stereocenters. The highest BCUT2D eigenvalue weighted by Gasteiger charge is 2.20. The Labute approximate surface area is 78.5 Å². The van der Waals surface area contributed by atoms with E-state index in [4.69, 9.17) is 4.74 Å². The lowest BCUT2D eigenvalue weighted by Gasteiger charge is -2.15. The first-order valence-corrected chi connectivity index (χ1v) is 5.02. The van der Waals surface area contributed by atoms with E-state index in [9.17, 15) is 0 Å². The third-order valence-corrected chi connectivity index (χ3v) is 2.60. The molecule has 1 aliphatic rings. The highest BCUT2D eigenvalue weighted by molar-refractivity contribution is 5.23. The van der Waals surface area contributed by atoms with Crippen molar-refractivity contribution in [2.45, 2.75) is 39.0 Å². The van der Waals surface area contributed by atoms with E-state index in [0.717, 1.165) is 6.42 Å². The molecule has 1 atom stereocenters. The number of hydrogen-bond acceptors (Lipinski definition) is 2. The first-order chi connectivity index (χ1) is 6.31. The van der Waals surface area contributed by atoms with Gasteiger partial charge >= 0.3 is 0 Å². The molecule has 0 aromatic carbocycles. The highest BCUT2D eigenvalue weighted by Crippen LogP contribution is 2.30. The molecule has 1 aliphatic carbocycles. The molecule has 0 radical (unpaired) electrons. The van der Waals surface area contributed by atoms with Gasteiger partial charge in [0.15, 0.2) is 0 Å². The van der Waals surface area contributed by atoms with E-state index in [-0.39, 0.29) is 0 Å². The Morgan fingerprint density at radius 2 is 2.46 bits per heavy atom. The minimum Gasteiger partial charge on any atom is -0.465 e. The number of H-pyrrole nitrogens is 1. The quantitative estimate of drug-likeness (QED) is 0.758. The van der Waals surface area contributed by atoms with Gasteiger partial charge in [-0.05, 0) is 26.2 Å². The van der Waals surface area contributed by atoms with Crippen LogP contribution in [-0.4, -0.2) is 16.6 Å². The van der Waals surface area contributed by atoms with Crippen molar-refractivity contribution in [2.24, 2.45) is 0 Å². The molecule has 13 heavy (non-hydrogen) atoms. The minimum atomic E-state index is 0.592. The van der Waals surface area contributed by atoms with Gasteiger partial charge in [0.05, 0.1) is 12.3 Å². The summed E-state index contributed by atoms with van der Waals surface area (Å²) in [6.07, 6.45) is 3.64. The number of aromatic amines is 1. The zero-order valence-electron chi connectivity index (χ0n) is 8.26. The summed E-state index contributed by atoms with van der Waals surface area (Å²) in [6.45, 7) is 4.89. The van der Waals surface area contributed by atoms with Crippen LogP contribution in [0.25, 0.3) is 0 Å². The van der Waals surface area contributed by atoms with E-state index in [1.807, 2.05) is 6.92 Å². The summed E-state index contributed by atoms with van der Waals surface area (Å²) in [5.74, 6) is 0.592. The second-order valence-corrected chi connectivity index (χ2v) is 3.63. The molecule has 0 bridgehead atoms. The van der Waals surface area contributed by atoms with Crippen LogP contribution in [0, 0.1) is 0 Å². The fourth-order valence-electron chi connectivity index (χ4n) is 1.92. The first-order valence-electron chi connectivity index (χ1n) is 5.02. The Morgan fingerprint density at radius 3 is 3.15 bits per heavy atom. The molecule has 0 fully saturated rings. The number of aryl methyl sites for hydroxylation is 1. The Bertz CT molecular complexity index is 293. The van der Waals surface area contributed by atoms with E-state index in [1.54, 1.807) is 0 Å². The van der Waals surface area contributed by atoms with Crippen LogP contribution in [0.3, 0.4) is 0 Å². The van der Waals surface area contributed by atoms with Crippen molar-refractivity contribution in [1.82, 2.24) is 9.97 Å². The number of aromatic nitrogens is 2. The maximum absolute atomic E-state index is 5.34. The largest absolute Gasteiger partial charge is 0.465 e. The molecule has 3 heteroatoms. The number of ether oxygens (including phenoxy) is 1. The van der Waals surface area contributed by atoms with Gasteiger partial charge < -0.3 is 9.72 Å². The van der Waals surface area contributed by atoms with Gasteiger partial charge in [0.1, 0.15) is 0 Å². The third-order valence-electron chi connectivity index (χ3n) is 2.60. The number of hydrogen-bond donors (Lipinski definition) is 1. The topological polar surface area (TPSA) is 37.9 Å². The summed E-state index contributed by atoms with van der Waals surface area (Å²) in [5, 5.41) is 0. The number of nitrogens with zero attached hydrogens (tertiary/aromatic N) is 1. The molecule has 3 nitrogen and oxygen atoms in total. The fourth-order valence-corrected chi connectivity index (χ4v) is 1.92. The van der Waals surface area contributed by atoms with Crippen molar-refractivity contribution in [2.75, 3.05) is 6.61 Å². The lowest BCUT2D eigenvalue weighted by atomic mass is 9.92. The highest BCUT2D eigenvalue weighted by atomic mass is 16.5. The normalized spacial score (nSPS) is 21.2. The predicted octanol–water partition coefficient (Wildman–Crippen LogP) is 2.25. The molecule has 72 valence electrons. The Hall–Kier alpha value is -0.990. The maximum Gasteiger partial charge on any atom is 0.294 e. The van der Waals surface area contributed by atoms with Crippen LogP contribution in [0.1, 0.15) is 44.0 Å². The molecule has 1 aromatic rings. The molecule has 1 aromatic heterocycles. The van der Waals surface area contributed by atoms with Crippen molar-refractivity contribution in [3.8, 4) is 6.01 Å². The van der Waals surface area contributed by atoms with Crippen molar-refractivity contribution in [1.29, 1.82) is 0 Å². The molecule has 0 aliphatic heterocycles. The molecule has 0 amide bonds. The lowest BCUT2D eigenvalue weighted by molar-refractivity contribution is 0.315. The van der Waals surface area contributed by atoms with E-state index in [1.165, 1.54) is 24.2 Å². The zero-order chi connectivity index (χ0) is 9.26. The van der Waals surface area contributed by atoms with Crippen molar-refractivity contribution < 1.29 is 4.74 Å². The molecule has 1 heterocycles. The smallest absolute Gasteiger partial charge is 0.294 e. The summed E-state index contributed by atoms with van der Waals surface area (Å²) >= 11 is 0. The SMILES string of the molecule is CCOc1nc2c([nH]1)CCCC2C. The summed E-state index contributed by atoms with van der Waals surface area (Å²) in [4.78, 5) is 7.68. The number of fused-ring (bicyclic) bond motifs is 1. The average Bonchev–Trinajstić information content (AvgIpc) is 2.49. The molecule has 1 N–H and O–H groups in total. The number of imidazole rings is 1. The predicted molar refractivity (Wildman–Crippen MR) is 51.1 cm³/mol. The standard InChI is InChI=1S/C10H16N2O/c1-3-13-10-11-8-6-4-5-7(2)9(8)12-10/h7H,3-6H2,1-2H3,(H,11,12). The summed E-state index contributed by atoms with van der Waals surface area (Å²) in [7, 11) is 0. The van der Waals surface area contributed by atoms with Gasteiger partial charge in [-0.2, -0.15) is 4.98 Å². The molecule has 0 saturated carbocycles. The Kier molecular flexibility index (Phi) is 2.25. The number of nitrogens with one attached hydrogen (secondary N) is 1. The van der Waals surface area contributed by atoms with Crippen molar-refractivity contribution in [3.63, 3.8) is 0 Å². The van der Waals surface area contributed by atoms with Gasteiger partial charge in [-0.25, -0.2) is 0 Å². The van der Waals surface area contributed by atoms with Crippen LogP contribution in [0.5, 0.6) is 6.01 Å². The Morgan fingerprint density at radius 1 is 1.62 bits per heavy atom. The zero-order valence-corrected chi connectivity index (χ0v) is 8.26. The second-order valence-electron chi connectivity index (χ2n) is 3.63. The van der Waals surface area contributed by atoms with Crippen LogP contribution in [-0.2, 0) is 6.42 Å². The molecular weight excluding hydrogens is 164 g/mol. The van der Waals surface area contributed by atoms with Gasteiger partial charge in [0.25, 0.3) is 6.01 Å². The van der Waals surface area contributed by atoms with Crippen LogP contribution >= 0.6 is 0 Å². The summed E-state index contributed by atoms with van der Waals surface area (Å²) in [5.41, 5.74) is 2.50. The molecular formula is C10H16N2O. The molecule has 0 spiro atoms. The van der Waals surface area contributed by atoms with Gasteiger partial charge in [-0.3, -0.25) is 0 Å². The number of rotatable bonds is 2. The summed E-state index contributed by atoms with van der Waals surface area (Å²) in [6, 6.07) is 0.696. The fraction of sp³-hybridized carbons (Fsp3) is 0.700. The van der Waals surface area contributed by atoms with E-state index < -0.39 is 0 Å². The maximum atomic E-state index is 5.34. The monoisotopic (exact) mass is 180 g/mol. The van der Waals surface area contributed by atoms with E-state index in [0.29, 0.717) is 18.5 Å². The third kappa shape index (κ3) is 1.55. The van der Waals surface area contributed by atoms with Gasteiger partial charge in [-0.1, -0.05) is 6.92 Å². The van der Waals surface area contributed by atoms with Gasteiger partial charge in [0.2, 0.25) is 0 Å². The minimum absolute atomic E-state index is 0.592. The van der Waals surface area contributed by atoms with E-state index in [2.05, 4.69) is 16.9 Å². The van der Waals surface area contributed by atoms with Crippen LogP contribution in [0.15, 0.2) is 0 Å². The lowest BCUT2D eigenvalue weighted by Crippen LogP contribution is -2.05. The summed E-state index contributed by atoms with van der Waals surface area (Å²) < 4.78 is 5.34. The Balaban J connectivity index is 2.25. The second kappa shape index (κ2) is 3.40. The molecule has 0 saturated heterocycles. The van der Waals surface area contributed by atoms with Crippen LogP contribution in [0.4, 0.5) is 0 Å². The average molecular weight is 180 g/mol. The van der Waals surface area contributed by atoms with Crippen LogP contribution < -0.4 is 4.74 Å². The first kappa shape index (κ1) is 8.60. The van der Waals surface area contributed by atoms with Crippen molar-refractivity contribution >= 4 is 0 Å². The van der Waals surface area contributed by atoms with Crippen LogP contribution in [0.2, 0.25) is 0 Å². The van der Waals surface area contributed by atoms with Crippen molar-refractivity contribution in [3.05, 3.63) is 11.4 Å². The van der Waals surface area contributed by atoms with Gasteiger partial charge in [0, 0.05) is 11.6 Å².